The van der Waals surface area contributed by atoms with Crippen LogP contribution in [0.15, 0.2) is 54.6 Å². The molecular weight excluding hydrogens is 328 g/mol. The van der Waals surface area contributed by atoms with Crippen molar-refractivity contribution >= 4 is 5.69 Å². The van der Waals surface area contributed by atoms with Crippen LogP contribution in [0.25, 0.3) is 0 Å². The maximum absolute atomic E-state index is 10.2. The molecule has 0 bridgehead atoms. The minimum absolute atomic E-state index is 0.369. The zero-order chi connectivity index (χ0) is 18.2. The monoisotopic (exact) mass is 356 g/mol. The van der Waals surface area contributed by atoms with E-state index in [-0.39, 0.29) is 0 Å². The van der Waals surface area contributed by atoms with Gasteiger partial charge in [0.15, 0.2) is 0 Å². The average molecular weight is 356 g/mol. The molecular formula is C21H28N2O3. The summed E-state index contributed by atoms with van der Waals surface area (Å²) >= 11 is 0. The molecule has 3 rings (SSSR count). The fourth-order valence-electron chi connectivity index (χ4n) is 3.22. The summed E-state index contributed by atoms with van der Waals surface area (Å²) in [5, 5.41) is 10.2. The third kappa shape index (κ3) is 5.46. The summed E-state index contributed by atoms with van der Waals surface area (Å²) in [5.41, 5.74) is 2.35. The molecule has 1 atom stereocenters. The predicted octanol–water partition coefficient (Wildman–Crippen LogP) is 2.39. The van der Waals surface area contributed by atoms with Crippen LogP contribution in [-0.2, 0) is 11.3 Å². The van der Waals surface area contributed by atoms with E-state index >= 15 is 0 Å². The van der Waals surface area contributed by atoms with Crippen molar-refractivity contribution < 1.29 is 14.6 Å². The number of rotatable bonds is 8. The topological polar surface area (TPSA) is 45.2 Å². The van der Waals surface area contributed by atoms with Gasteiger partial charge in [-0.25, -0.2) is 0 Å². The van der Waals surface area contributed by atoms with Crippen molar-refractivity contribution in [2.75, 3.05) is 51.3 Å². The van der Waals surface area contributed by atoms with Crippen LogP contribution >= 0.6 is 0 Å². The fourth-order valence-corrected chi connectivity index (χ4v) is 3.22. The zero-order valence-electron chi connectivity index (χ0n) is 15.4. The van der Waals surface area contributed by atoms with Gasteiger partial charge in [-0.3, -0.25) is 4.90 Å². The number of β-amino-alcohol motifs (C(OH)–C–C–N with tert-alkyl or cyclic N) is 1. The minimum Gasteiger partial charge on any atom is -0.497 e. The Kier molecular flexibility index (Phi) is 6.89. The van der Waals surface area contributed by atoms with E-state index in [2.05, 4.69) is 21.9 Å². The van der Waals surface area contributed by atoms with E-state index in [0.29, 0.717) is 19.8 Å². The Balaban J connectivity index is 1.36. The molecule has 1 unspecified atom stereocenters. The zero-order valence-corrected chi connectivity index (χ0v) is 15.4. The van der Waals surface area contributed by atoms with Gasteiger partial charge in [-0.1, -0.05) is 30.3 Å². The Labute approximate surface area is 155 Å². The van der Waals surface area contributed by atoms with E-state index < -0.39 is 6.10 Å². The predicted molar refractivity (Wildman–Crippen MR) is 104 cm³/mol. The normalized spacial score (nSPS) is 16.5. The lowest BCUT2D eigenvalue weighted by molar-refractivity contribution is 0.00914. The van der Waals surface area contributed by atoms with Gasteiger partial charge >= 0.3 is 0 Å². The number of piperazine rings is 1. The summed E-state index contributed by atoms with van der Waals surface area (Å²) in [5.74, 6) is 0.881. The second-order valence-electron chi connectivity index (χ2n) is 6.64. The van der Waals surface area contributed by atoms with Gasteiger partial charge in [0, 0.05) is 38.4 Å². The molecule has 1 aliphatic rings. The van der Waals surface area contributed by atoms with Gasteiger partial charge in [-0.2, -0.15) is 0 Å². The molecule has 1 aliphatic heterocycles. The Morgan fingerprint density at radius 2 is 1.65 bits per heavy atom. The Hall–Kier alpha value is -2.08. The number of methoxy groups -OCH3 is 1. The van der Waals surface area contributed by atoms with Crippen LogP contribution in [0.5, 0.6) is 5.75 Å². The lowest BCUT2D eigenvalue weighted by Crippen LogP contribution is -2.49. The third-order valence-electron chi connectivity index (χ3n) is 4.70. The highest BCUT2D eigenvalue weighted by Gasteiger charge is 2.19. The maximum atomic E-state index is 10.2. The first-order valence-electron chi connectivity index (χ1n) is 9.15. The highest BCUT2D eigenvalue weighted by Crippen LogP contribution is 2.20. The van der Waals surface area contributed by atoms with E-state index in [1.54, 1.807) is 7.11 Å². The molecule has 0 spiro atoms. The van der Waals surface area contributed by atoms with Crippen LogP contribution in [0, 0.1) is 0 Å². The van der Waals surface area contributed by atoms with Crippen LogP contribution in [0.4, 0.5) is 5.69 Å². The molecule has 0 aromatic heterocycles. The summed E-state index contributed by atoms with van der Waals surface area (Å²) in [7, 11) is 1.68. The van der Waals surface area contributed by atoms with Crippen LogP contribution in [0.3, 0.4) is 0 Å². The number of benzene rings is 2. The van der Waals surface area contributed by atoms with Gasteiger partial charge in [0.05, 0.1) is 26.4 Å². The standard InChI is InChI=1S/C21H28N2O3/c1-25-21-9-7-19(8-10-21)23-13-11-22(12-14-23)15-20(24)17-26-16-18-5-3-2-4-6-18/h2-10,20,24H,11-17H2,1H3. The van der Waals surface area contributed by atoms with Crippen LogP contribution in [-0.4, -0.2) is 62.6 Å². The van der Waals surface area contributed by atoms with Crippen molar-refractivity contribution in [3.63, 3.8) is 0 Å². The van der Waals surface area contributed by atoms with Gasteiger partial charge in [-0.15, -0.1) is 0 Å². The van der Waals surface area contributed by atoms with Gasteiger partial charge < -0.3 is 19.5 Å². The summed E-state index contributed by atoms with van der Waals surface area (Å²) in [4.78, 5) is 4.67. The molecule has 5 nitrogen and oxygen atoms in total. The summed E-state index contributed by atoms with van der Waals surface area (Å²) in [6.45, 7) is 5.39. The first-order chi connectivity index (χ1) is 12.7. The van der Waals surface area contributed by atoms with Crippen molar-refractivity contribution in [1.29, 1.82) is 0 Å². The van der Waals surface area contributed by atoms with Crippen LogP contribution < -0.4 is 9.64 Å². The third-order valence-corrected chi connectivity index (χ3v) is 4.70. The number of nitrogens with zero attached hydrogens (tertiary/aromatic N) is 2. The molecule has 2 aromatic carbocycles. The van der Waals surface area contributed by atoms with Crippen LogP contribution in [0.2, 0.25) is 0 Å². The lowest BCUT2D eigenvalue weighted by atomic mass is 10.2. The molecule has 140 valence electrons. The Morgan fingerprint density at radius 1 is 0.962 bits per heavy atom. The van der Waals surface area contributed by atoms with E-state index in [0.717, 1.165) is 37.5 Å². The number of aliphatic hydroxyl groups is 1. The van der Waals surface area contributed by atoms with Crippen LogP contribution in [0.1, 0.15) is 5.56 Å². The van der Waals surface area contributed by atoms with Gasteiger partial charge in [0.2, 0.25) is 0 Å². The molecule has 1 N–H and O–H groups in total. The Morgan fingerprint density at radius 3 is 2.31 bits per heavy atom. The van der Waals surface area contributed by atoms with E-state index in [1.165, 1.54) is 5.69 Å². The van der Waals surface area contributed by atoms with Crippen molar-refractivity contribution in [2.24, 2.45) is 0 Å². The molecule has 1 heterocycles. The smallest absolute Gasteiger partial charge is 0.119 e. The second kappa shape index (κ2) is 9.57. The molecule has 0 amide bonds. The van der Waals surface area contributed by atoms with E-state index in [4.69, 9.17) is 9.47 Å². The Bertz CT molecular complexity index is 640. The van der Waals surface area contributed by atoms with E-state index in [9.17, 15) is 5.11 Å². The van der Waals surface area contributed by atoms with Gasteiger partial charge in [0.25, 0.3) is 0 Å². The molecule has 0 radical (unpaired) electrons. The summed E-state index contributed by atoms with van der Waals surface area (Å²) in [6.07, 6.45) is -0.453. The quantitative estimate of drug-likeness (QED) is 0.787. The number of aliphatic hydroxyl groups excluding tert-OH is 1. The number of hydrogen-bond acceptors (Lipinski definition) is 5. The van der Waals surface area contributed by atoms with Gasteiger partial charge in [-0.05, 0) is 29.8 Å². The summed E-state index contributed by atoms with van der Waals surface area (Å²) < 4.78 is 10.8. The molecule has 5 heteroatoms. The minimum atomic E-state index is -0.453. The molecule has 0 aliphatic carbocycles. The fraction of sp³-hybridized carbons (Fsp3) is 0.429. The van der Waals surface area contributed by atoms with Gasteiger partial charge in [0.1, 0.15) is 5.75 Å². The van der Waals surface area contributed by atoms with Crippen molar-refractivity contribution in [3.05, 3.63) is 60.2 Å². The molecule has 0 saturated carbocycles. The lowest BCUT2D eigenvalue weighted by Gasteiger charge is -2.36. The molecule has 26 heavy (non-hydrogen) atoms. The highest BCUT2D eigenvalue weighted by atomic mass is 16.5. The maximum Gasteiger partial charge on any atom is 0.119 e. The van der Waals surface area contributed by atoms with Crippen molar-refractivity contribution in [1.82, 2.24) is 4.90 Å². The summed E-state index contributed by atoms with van der Waals surface area (Å²) in [6, 6.07) is 18.2. The highest BCUT2D eigenvalue weighted by molar-refractivity contribution is 5.49. The molecule has 2 aromatic rings. The largest absolute Gasteiger partial charge is 0.497 e. The van der Waals surface area contributed by atoms with E-state index in [1.807, 2.05) is 42.5 Å². The second-order valence-corrected chi connectivity index (χ2v) is 6.64. The number of ether oxygens (including phenoxy) is 2. The molecule has 1 fully saturated rings. The van der Waals surface area contributed by atoms with Crippen molar-refractivity contribution in [2.45, 2.75) is 12.7 Å². The average Bonchev–Trinajstić information content (AvgIpc) is 2.69. The molecule has 1 saturated heterocycles. The first kappa shape index (κ1) is 18.7. The van der Waals surface area contributed by atoms with Crippen molar-refractivity contribution in [3.8, 4) is 5.75 Å². The first-order valence-corrected chi connectivity index (χ1v) is 9.15. The SMILES string of the molecule is COc1ccc(N2CCN(CC(O)COCc3ccccc3)CC2)cc1. The number of hydrogen-bond donors (Lipinski definition) is 1. The number of anilines is 1.